The second-order valence-electron chi connectivity index (χ2n) is 5.58. The summed E-state index contributed by atoms with van der Waals surface area (Å²) in [6.45, 7) is 0.204. The zero-order chi connectivity index (χ0) is 18.0. The first-order valence-corrected chi connectivity index (χ1v) is 9.45. The summed E-state index contributed by atoms with van der Waals surface area (Å²) < 4.78 is 44.2. The number of para-hydroxylation sites is 1. The molecule has 0 radical (unpaired) electrons. The van der Waals surface area contributed by atoms with Crippen LogP contribution in [0.2, 0.25) is 5.02 Å². The lowest BCUT2D eigenvalue weighted by atomic mass is 10.0. The van der Waals surface area contributed by atoms with Crippen molar-refractivity contribution >= 4 is 21.6 Å². The highest BCUT2D eigenvalue weighted by molar-refractivity contribution is 7.89. The number of methoxy groups -OCH3 is 2. The molecule has 8 heteroatoms. The van der Waals surface area contributed by atoms with Gasteiger partial charge in [0, 0.05) is 5.02 Å². The van der Waals surface area contributed by atoms with Crippen LogP contribution in [0.15, 0.2) is 41.3 Å². The first kappa shape index (κ1) is 17.8. The van der Waals surface area contributed by atoms with Crippen LogP contribution in [0, 0.1) is 0 Å². The molecule has 0 aliphatic carbocycles. The lowest BCUT2D eigenvalue weighted by Crippen LogP contribution is -2.42. The second kappa shape index (κ2) is 7.11. The highest BCUT2D eigenvalue weighted by atomic mass is 35.5. The summed E-state index contributed by atoms with van der Waals surface area (Å²) in [6.07, 6.45) is 0.495. The minimum atomic E-state index is -3.81. The monoisotopic (exact) mass is 383 g/mol. The molecule has 0 spiro atoms. The summed E-state index contributed by atoms with van der Waals surface area (Å²) in [5.74, 6) is 1.52. The normalized spacial score (nSPS) is 16.7. The number of hydrogen-bond donors (Lipinski definition) is 1. The average molecular weight is 384 g/mol. The fourth-order valence-electron chi connectivity index (χ4n) is 2.77. The van der Waals surface area contributed by atoms with E-state index in [0.717, 1.165) is 5.56 Å². The van der Waals surface area contributed by atoms with E-state index in [4.69, 9.17) is 25.8 Å². The first-order chi connectivity index (χ1) is 11.9. The highest BCUT2D eigenvalue weighted by Gasteiger charge is 2.28. The number of ether oxygens (including phenoxy) is 3. The lowest BCUT2D eigenvalue weighted by molar-refractivity contribution is 0.240. The van der Waals surface area contributed by atoms with Gasteiger partial charge in [0.25, 0.3) is 0 Å². The van der Waals surface area contributed by atoms with Crippen molar-refractivity contribution in [3.63, 3.8) is 0 Å². The summed E-state index contributed by atoms with van der Waals surface area (Å²) in [5.41, 5.74) is 0.886. The Labute approximate surface area is 151 Å². The summed E-state index contributed by atoms with van der Waals surface area (Å²) >= 11 is 5.94. The van der Waals surface area contributed by atoms with Gasteiger partial charge in [-0.3, -0.25) is 0 Å². The molecule has 1 atom stereocenters. The van der Waals surface area contributed by atoms with E-state index in [0.29, 0.717) is 22.9 Å². The Morgan fingerprint density at radius 2 is 1.92 bits per heavy atom. The van der Waals surface area contributed by atoms with Crippen molar-refractivity contribution in [2.75, 3.05) is 20.8 Å². The molecule has 2 aromatic carbocycles. The van der Waals surface area contributed by atoms with Gasteiger partial charge in [-0.05, 0) is 36.2 Å². The SMILES string of the molecule is COc1ccc(Cl)cc1S(=O)(=O)N[C@H]1COc2c(cccc2OC)C1. The lowest BCUT2D eigenvalue weighted by Gasteiger charge is -2.27. The zero-order valence-corrected chi connectivity index (χ0v) is 15.4. The van der Waals surface area contributed by atoms with E-state index in [1.165, 1.54) is 19.2 Å². The third kappa shape index (κ3) is 3.68. The van der Waals surface area contributed by atoms with Crippen molar-refractivity contribution in [3.8, 4) is 17.2 Å². The van der Waals surface area contributed by atoms with Gasteiger partial charge in [-0.2, -0.15) is 0 Å². The minimum absolute atomic E-state index is 0.000982. The summed E-state index contributed by atoms with van der Waals surface area (Å²) in [4.78, 5) is -0.000982. The molecule has 1 heterocycles. The molecule has 0 saturated heterocycles. The van der Waals surface area contributed by atoms with Gasteiger partial charge in [0.15, 0.2) is 11.5 Å². The van der Waals surface area contributed by atoms with Crippen LogP contribution >= 0.6 is 11.6 Å². The number of nitrogens with one attached hydrogen (secondary N) is 1. The van der Waals surface area contributed by atoms with E-state index in [-0.39, 0.29) is 17.3 Å². The van der Waals surface area contributed by atoms with E-state index in [9.17, 15) is 8.42 Å². The van der Waals surface area contributed by atoms with Crippen molar-refractivity contribution in [2.24, 2.45) is 0 Å². The van der Waals surface area contributed by atoms with Gasteiger partial charge >= 0.3 is 0 Å². The Morgan fingerprint density at radius 3 is 2.64 bits per heavy atom. The largest absolute Gasteiger partial charge is 0.495 e. The van der Waals surface area contributed by atoms with Gasteiger partial charge in [-0.25, -0.2) is 13.1 Å². The Morgan fingerprint density at radius 1 is 1.16 bits per heavy atom. The second-order valence-corrected chi connectivity index (χ2v) is 7.70. The molecule has 25 heavy (non-hydrogen) atoms. The van der Waals surface area contributed by atoms with Crippen molar-refractivity contribution in [2.45, 2.75) is 17.4 Å². The molecule has 0 fully saturated rings. The summed E-state index contributed by atoms with van der Waals surface area (Å²) in [7, 11) is -0.834. The topological polar surface area (TPSA) is 73.9 Å². The molecule has 1 aliphatic heterocycles. The summed E-state index contributed by atoms with van der Waals surface area (Å²) in [6, 6.07) is 9.59. The zero-order valence-electron chi connectivity index (χ0n) is 13.8. The van der Waals surface area contributed by atoms with Crippen LogP contribution in [0.4, 0.5) is 0 Å². The van der Waals surface area contributed by atoms with E-state index in [1.807, 2.05) is 12.1 Å². The van der Waals surface area contributed by atoms with Crippen molar-refractivity contribution in [3.05, 3.63) is 47.0 Å². The van der Waals surface area contributed by atoms with Gasteiger partial charge in [-0.15, -0.1) is 0 Å². The smallest absolute Gasteiger partial charge is 0.244 e. The van der Waals surface area contributed by atoms with Crippen LogP contribution in [0.3, 0.4) is 0 Å². The molecule has 1 aliphatic rings. The number of hydrogen-bond acceptors (Lipinski definition) is 5. The molecular weight excluding hydrogens is 366 g/mol. The van der Waals surface area contributed by atoms with Gasteiger partial charge in [0.2, 0.25) is 10.0 Å². The molecule has 1 N–H and O–H groups in total. The highest BCUT2D eigenvalue weighted by Crippen LogP contribution is 2.35. The number of halogens is 1. The van der Waals surface area contributed by atoms with Crippen LogP contribution in [0.1, 0.15) is 5.56 Å². The molecule has 0 bridgehead atoms. The van der Waals surface area contributed by atoms with Crippen molar-refractivity contribution in [1.82, 2.24) is 4.72 Å². The Balaban J connectivity index is 1.84. The third-order valence-electron chi connectivity index (χ3n) is 3.91. The molecule has 0 amide bonds. The van der Waals surface area contributed by atoms with E-state index >= 15 is 0 Å². The van der Waals surface area contributed by atoms with Crippen LogP contribution in [0.25, 0.3) is 0 Å². The number of fused-ring (bicyclic) bond motifs is 1. The molecular formula is C17H18ClNO5S. The van der Waals surface area contributed by atoms with E-state index < -0.39 is 16.1 Å². The van der Waals surface area contributed by atoms with E-state index in [2.05, 4.69) is 4.72 Å². The third-order valence-corrected chi connectivity index (χ3v) is 5.69. The molecule has 0 unspecified atom stereocenters. The molecule has 0 saturated carbocycles. The fraction of sp³-hybridized carbons (Fsp3) is 0.294. The molecule has 3 rings (SSSR count). The van der Waals surface area contributed by atoms with Gasteiger partial charge in [-0.1, -0.05) is 23.7 Å². The average Bonchev–Trinajstić information content (AvgIpc) is 2.60. The van der Waals surface area contributed by atoms with Crippen LogP contribution < -0.4 is 18.9 Å². The predicted molar refractivity (Wildman–Crippen MR) is 94.3 cm³/mol. The van der Waals surface area contributed by atoms with Crippen LogP contribution in [-0.2, 0) is 16.4 Å². The Bertz CT molecular complexity index is 885. The molecule has 6 nitrogen and oxygen atoms in total. The van der Waals surface area contributed by atoms with Crippen molar-refractivity contribution in [1.29, 1.82) is 0 Å². The quantitative estimate of drug-likeness (QED) is 0.859. The first-order valence-electron chi connectivity index (χ1n) is 7.59. The van der Waals surface area contributed by atoms with Crippen LogP contribution in [-0.4, -0.2) is 35.3 Å². The Hall–Kier alpha value is -1.96. The Kier molecular flexibility index (Phi) is 5.08. The molecule has 2 aromatic rings. The maximum absolute atomic E-state index is 12.7. The predicted octanol–water partition coefficient (Wildman–Crippen LogP) is 2.64. The van der Waals surface area contributed by atoms with Gasteiger partial charge < -0.3 is 14.2 Å². The fourth-order valence-corrected chi connectivity index (χ4v) is 4.43. The van der Waals surface area contributed by atoms with Crippen molar-refractivity contribution < 1.29 is 22.6 Å². The van der Waals surface area contributed by atoms with Gasteiger partial charge in [0.1, 0.15) is 17.3 Å². The van der Waals surface area contributed by atoms with E-state index in [1.54, 1.807) is 19.2 Å². The van der Waals surface area contributed by atoms with Crippen LogP contribution in [0.5, 0.6) is 17.2 Å². The molecule has 0 aromatic heterocycles. The minimum Gasteiger partial charge on any atom is -0.495 e. The number of rotatable bonds is 5. The standard InChI is InChI=1S/C17H18ClNO5S/c1-22-14-7-6-12(18)9-16(14)25(20,21)19-13-8-11-4-3-5-15(23-2)17(11)24-10-13/h3-7,9,13,19H,8,10H2,1-2H3/t13-/m1/s1. The maximum atomic E-state index is 12.7. The number of sulfonamides is 1. The number of benzene rings is 2. The molecule has 134 valence electrons. The van der Waals surface area contributed by atoms with Gasteiger partial charge in [0.05, 0.1) is 20.3 Å². The maximum Gasteiger partial charge on any atom is 0.244 e. The summed E-state index contributed by atoms with van der Waals surface area (Å²) in [5, 5.41) is 0.316.